The van der Waals surface area contributed by atoms with Gasteiger partial charge in [-0.15, -0.1) is 0 Å². The van der Waals surface area contributed by atoms with E-state index in [4.69, 9.17) is 31.3 Å². The number of nitrogen functional groups attached to an aromatic ring is 1. The van der Waals surface area contributed by atoms with Gasteiger partial charge in [-0.1, -0.05) is 30.3 Å². The molecule has 6 rings (SSSR count). The average molecular weight is 669 g/mol. The second kappa shape index (κ2) is 15.8. The first-order valence-electron chi connectivity index (χ1n) is 16.9. The van der Waals surface area contributed by atoms with Crippen molar-refractivity contribution in [3.8, 4) is 0 Å². The maximum absolute atomic E-state index is 13.4. The fourth-order valence-electron chi connectivity index (χ4n) is 6.47. The van der Waals surface area contributed by atoms with Gasteiger partial charge in [0.15, 0.2) is 0 Å². The Labute approximate surface area is 286 Å². The Balaban J connectivity index is 1.02. The van der Waals surface area contributed by atoms with Crippen LogP contribution in [0.25, 0.3) is 5.57 Å². The fraction of sp³-hybridized carbons (Fsp3) is 0.417. The summed E-state index contributed by atoms with van der Waals surface area (Å²) in [5, 5.41) is 8.65. The van der Waals surface area contributed by atoms with E-state index >= 15 is 0 Å². The number of pyridine rings is 2. The molecule has 0 amide bonds. The summed E-state index contributed by atoms with van der Waals surface area (Å²) in [7, 11) is 1.67. The summed E-state index contributed by atoms with van der Waals surface area (Å²) in [6.07, 6.45) is 7.69. The van der Waals surface area contributed by atoms with Crippen molar-refractivity contribution < 1.29 is 13.9 Å². The molecule has 13 heteroatoms. The molecule has 3 atom stereocenters. The first-order valence-corrected chi connectivity index (χ1v) is 16.9. The summed E-state index contributed by atoms with van der Waals surface area (Å²) in [5.74, 6) is 0.668. The van der Waals surface area contributed by atoms with Crippen molar-refractivity contribution in [2.45, 2.75) is 44.7 Å². The smallest absolute Gasteiger partial charge is 0.141 e. The first kappa shape index (κ1) is 34.3. The Kier molecular flexibility index (Phi) is 11.0. The van der Waals surface area contributed by atoms with Gasteiger partial charge in [0.25, 0.3) is 0 Å². The van der Waals surface area contributed by atoms with Gasteiger partial charge >= 0.3 is 0 Å². The van der Waals surface area contributed by atoms with Gasteiger partial charge in [-0.2, -0.15) is 0 Å². The Morgan fingerprint density at radius 2 is 1.98 bits per heavy atom. The third-order valence-electron chi connectivity index (χ3n) is 9.19. The van der Waals surface area contributed by atoms with E-state index in [2.05, 4.69) is 54.8 Å². The number of nitrogens with zero attached hydrogens (tertiary/aromatic N) is 7. The summed E-state index contributed by atoms with van der Waals surface area (Å²) in [4.78, 5) is 23.8. The third-order valence-corrected chi connectivity index (χ3v) is 9.19. The lowest BCUT2D eigenvalue weighted by molar-refractivity contribution is 0.0160. The predicted octanol–water partition coefficient (Wildman–Crippen LogP) is 3.76. The molecule has 3 unspecified atom stereocenters. The van der Waals surface area contributed by atoms with Gasteiger partial charge in [-0.05, 0) is 55.2 Å². The molecule has 1 aromatic carbocycles. The van der Waals surface area contributed by atoms with Crippen LogP contribution in [0, 0.1) is 11.2 Å². The SMILES string of the molecule is CCN(c1ccc(N)c(C(=N)c2ccc(F)cn2)n1)C1CCN(CC2OC2N2CC=C(c3ccc(C(N)=NC=NC)cc3)CC2)CCCO1. The molecule has 0 radical (unpaired) electrons. The molecule has 3 aliphatic heterocycles. The zero-order valence-corrected chi connectivity index (χ0v) is 28.1. The molecule has 0 spiro atoms. The monoisotopic (exact) mass is 668 g/mol. The molecule has 49 heavy (non-hydrogen) atoms. The zero-order chi connectivity index (χ0) is 34.3. The quantitative estimate of drug-likeness (QED) is 0.157. The molecule has 258 valence electrons. The minimum Gasteiger partial charge on any atom is -0.397 e. The Bertz CT molecular complexity index is 1690. The molecule has 0 saturated carbocycles. The topological polar surface area (TPSA) is 158 Å². The van der Waals surface area contributed by atoms with Crippen LogP contribution in [0.1, 0.15) is 48.7 Å². The van der Waals surface area contributed by atoms with Crippen LogP contribution in [0.5, 0.6) is 0 Å². The van der Waals surface area contributed by atoms with Crippen molar-refractivity contribution in [1.82, 2.24) is 19.8 Å². The number of rotatable bonds is 11. The van der Waals surface area contributed by atoms with Crippen molar-refractivity contribution in [3.05, 3.63) is 89.1 Å². The molecular formula is C36H45FN10O2. The normalized spacial score (nSPS) is 22.4. The molecular weight excluding hydrogens is 623 g/mol. The molecule has 0 bridgehead atoms. The number of aromatic nitrogens is 2. The van der Waals surface area contributed by atoms with Crippen LogP contribution in [-0.2, 0) is 9.47 Å². The Morgan fingerprint density at radius 1 is 1.14 bits per heavy atom. The third kappa shape index (κ3) is 8.36. The summed E-state index contributed by atoms with van der Waals surface area (Å²) in [6, 6.07) is 14.6. The fourth-order valence-corrected chi connectivity index (χ4v) is 6.47. The van der Waals surface area contributed by atoms with E-state index < -0.39 is 5.82 Å². The van der Waals surface area contributed by atoms with Gasteiger partial charge in [-0.25, -0.2) is 14.4 Å². The summed E-state index contributed by atoms with van der Waals surface area (Å²) >= 11 is 0. The van der Waals surface area contributed by atoms with Crippen LogP contribution in [0.15, 0.2) is 70.8 Å². The molecule has 0 aliphatic carbocycles. The number of hydrogen-bond acceptors (Lipinski definition) is 10. The highest BCUT2D eigenvalue weighted by Gasteiger charge is 2.44. The number of nitrogens with one attached hydrogen (secondary N) is 1. The highest BCUT2D eigenvalue weighted by atomic mass is 19.1. The van der Waals surface area contributed by atoms with E-state index in [0.717, 1.165) is 63.7 Å². The van der Waals surface area contributed by atoms with E-state index in [1.54, 1.807) is 13.1 Å². The lowest BCUT2D eigenvalue weighted by Gasteiger charge is -2.35. The number of benzene rings is 1. The Morgan fingerprint density at radius 3 is 2.69 bits per heavy atom. The van der Waals surface area contributed by atoms with Gasteiger partial charge < -0.3 is 30.7 Å². The van der Waals surface area contributed by atoms with Gasteiger partial charge in [-0.3, -0.25) is 20.3 Å². The molecule has 3 aromatic rings. The van der Waals surface area contributed by atoms with Crippen LogP contribution < -0.4 is 16.4 Å². The second-order valence-electron chi connectivity index (χ2n) is 12.4. The first-order chi connectivity index (χ1) is 23.8. The molecule has 3 aliphatic rings. The van der Waals surface area contributed by atoms with Crippen molar-refractivity contribution in [2.75, 3.05) is 63.6 Å². The number of hydrogen-bond donors (Lipinski definition) is 3. The average Bonchev–Trinajstić information content (AvgIpc) is 3.89. The predicted molar refractivity (Wildman–Crippen MR) is 192 cm³/mol. The van der Waals surface area contributed by atoms with E-state index in [1.807, 2.05) is 18.2 Å². The van der Waals surface area contributed by atoms with E-state index in [0.29, 0.717) is 41.9 Å². The van der Waals surface area contributed by atoms with Gasteiger partial charge in [0.05, 0.1) is 24.2 Å². The van der Waals surface area contributed by atoms with Crippen LogP contribution in [-0.4, -0.2) is 109 Å². The lowest BCUT2D eigenvalue weighted by atomic mass is 9.98. The summed E-state index contributed by atoms with van der Waals surface area (Å²) in [6.45, 7) is 7.90. The van der Waals surface area contributed by atoms with Crippen LogP contribution in [0.2, 0.25) is 0 Å². The number of nitrogens with two attached hydrogens (primary N) is 2. The van der Waals surface area contributed by atoms with Crippen molar-refractivity contribution >= 4 is 35.0 Å². The van der Waals surface area contributed by atoms with Crippen molar-refractivity contribution in [3.63, 3.8) is 0 Å². The van der Waals surface area contributed by atoms with Crippen LogP contribution in [0.3, 0.4) is 0 Å². The number of epoxide rings is 1. The Hall–Kier alpha value is -4.56. The van der Waals surface area contributed by atoms with Crippen molar-refractivity contribution in [2.24, 2.45) is 15.7 Å². The molecule has 12 nitrogen and oxygen atoms in total. The van der Waals surface area contributed by atoms with Gasteiger partial charge in [0.2, 0.25) is 0 Å². The maximum Gasteiger partial charge on any atom is 0.141 e. The number of aliphatic imine (C=N–C) groups is 2. The highest BCUT2D eigenvalue weighted by Crippen LogP contribution is 2.32. The van der Waals surface area contributed by atoms with E-state index in [-0.39, 0.29) is 24.3 Å². The largest absolute Gasteiger partial charge is 0.397 e. The van der Waals surface area contributed by atoms with E-state index in [1.165, 1.54) is 29.6 Å². The van der Waals surface area contributed by atoms with Gasteiger partial charge in [0.1, 0.15) is 53.8 Å². The number of ether oxygens (including phenoxy) is 2. The lowest BCUT2D eigenvalue weighted by Crippen LogP contribution is -2.44. The molecule has 2 saturated heterocycles. The van der Waals surface area contributed by atoms with E-state index in [9.17, 15) is 4.39 Å². The number of halogens is 1. The minimum atomic E-state index is -0.462. The summed E-state index contributed by atoms with van der Waals surface area (Å²) < 4.78 is 26.0. The molecule has 5 N–H and O–H groups in total. The second-order valence-corrected chi connectivity index (χ2v) is 12.4. The van der Waals surface area contributed by atoms with Gasteiger partial charge in [0, 0.05) is 58.3 Å². The standard InChI is InChI=1S/C36H45FN10O2/c1-3-47(31-12-10-28(38)34(44-31)33(39)29-11-9-27(37)21-42-29)32-15-17-45(16-4-20-48-32)22-30-36(49-30)46-18-13-25(14-19-46)24-5-7-26(8-6-24)35(40)43-23-41-2/h5-13,21,23,30,32,36,39H,3-4,14-20,22,38H2,1-2H3,(H2,40,41,43). The summed E-state index contributed by atoms with van der Waals surface area (Å²) in [5.41, 5.74) is 16.7. The highest BCUT2D eigenvalue weighted by molar-refractivity contribution is 6.11. The van der Waals surface area contributed by atoms with Crippen molar-refractivity contribution in [1.29, 1.82) is 5.41 Å². The molecule has 2 aromatic heterocycles. The van der Waals surface area contributed by atoms with Crippen LogP contribution in [0.4, 0.5) is 15.9 Å². The molecule has 5 heterocycles. The number of amidine groups is 1. The maximum atomic E-state index is 13.4. The van der Waals surface area contributed by atoms with Crippen LogP contribution >= 0.6 is 0 Å². The minimum absolute atomic E-state index is 0.0450. The number of anilines is 2. The molecule has 2 fully saturated rings. The zero-order valence-electron chi connectivity index (χ0n) is 28.1.